The number of benzene rings is 1. The van der Waals surface area contributed by atoms with E-state index in [2.05, 4.69) is 21.5 Å². The molecule has 0 saturated heterocycles. The van der Waals surface area contributed by atoms with Crippen LogP contribution >= 0.6 is 23.8 Å². The first-order valence-electron chi connectivity index (χ1n) is 6.81. The number of rotatable bonds is 5. The van der Waals surface area contributed by atoms with Gasteiger partial charge < -0.3 is 10.6 Å². The summed E-state index contributed by atoms with van der Waals surface area (Å²) in [6.45, 7) is 4.36. The first kappa shape index (κ1) is 18.2. The lowest BCUT2D eigenvalue weighted by molar-refractivity contribution is -0.124. The van der Waals surface area contributed by atoms with Crippen LogP contribution in [0, 0.1) is 6.92 Å². The number of amides is 2. The summed E-state index contributed by atoms with van der Waals surface area (Å²) in [5, 5.41) is 6.46. The van der Waals surface area contributed by atoms with E-state index >= 15 is 0 Å². The van der Waals surface area contributed by atoms with E-state index < -0.39 is 0 Å². The number of anilines is 1. The highest BCUT2D eigenvalue weighted by molar-refractivity contribution is 7.80. The summed E-state index contributed by atoms with van der Waals surface area (Å²) in [7, 11) is 0. The molecule has 22 heavy (non-hydrogen) atoms. The van der Waals surface area contributed by atoms with Gasteiger partial charge in [0.1, 0.15) is 0 Å². The van der Waals surface area contributed by atoms with Crippen LogP contribution in [0.4, 0.5) is 5.69 Å². The van der Waals surface area contributed by atoms with Gasteiger partial charge in [0.2, 0.25) is 11.8 Å². The normalized spacial score (nSPS) is 9.77. The minimum absolute atomic E-state index is 0.0488. The van der Waals surface area contributed by atoms with Gasteiger partial charge in [0.15, 0.2) is 5.11 Å². The van der Waals surface area contributed by atoms with Gasteiger partial charge in [-0.2, -0.15) is 0 Å². The maximum Gasteiger partial charge on any atom is 0.238 e. The van der Waals surface area contributed by atoms with Gasteiger partial charge in [-0.15, -0.1) is 0 Å². The second kappa shape index (κ2) is 9.22. The third-order valence-corrected chi connectivity index (χ3v) is 3.43. The monoisotopic (exact) mass is 342 g/mol. The molecule has 0 radical (unpaired) electrons. The van der Waals surface area contributed by atoms with E-state index in [1.54, 1.807) is 18.2 Å². The summed E-state index contributed by atoms with van der Waals surface area (Å²) in [5.74, 6) is -0.576. The number of halogens is 1. The molecule has 0 aliphatic carbocycles. The van der Waals surface area contributed by atoms with Crippen LogP contribution in [0.25, 0.3) is 0 Å². The summed E-state index contributed by atoms with van der Waals surface area (Å²) < 4.78 is 0. The lowest BCUT2D eigenvalue weighted by atomic mass is 10.2. The highest BCUT2D eigenvalue weighted by atomic mass is 35.5. The molecule has 0 saturated carbocycles. The van der Waals surface area contributed by atoms with Gasteiger partial charge in [-0.25, -0.2) is 0 Å². The minimum atomic E-state index is -0.321. The lowest BCUT2D eigenvalue weighted by Crippen LogP contribution is -2.46. The van der Waals surface area contributed by atoms with Gasteiger partial charge in [-0.1, -0.05) is 17.7 Å². The van der Waals surface area contributed by atoms with Crippen LogP contribution < -0.4 is 21.5 Å². The van der Waals surface area contributed by atoms with Crippen LogP contribution in [0.2, 0.25) is 5.02 Å². The van der Waals surface area contributed by atoms with Crippen molar-refractivity contribution in [1.82, 2.24) is 16.2 Å². The molecule has 0 unspecified atom stereocenters. The molecule has 0 bridgehead atoms. The molecule has 0 spiro atoms. The second-order valence-electron chi connectivity index (χ2n) is 4.49. The summed E-state index contributed by atoms with van der Waals surface area (Å²) >= 11 is 10.9. The Balaban J connectivity index is 2.35. The number of hydrazine groups is 1. The molecule has 0 aliphatic heterocycles. The highest BCUT2D eigenvalue weighted by Crippen LogP contribution is 2.22. The average Bonchev–Trinajstić information content (AvgIpc) is 2.48. The van der Waals surface area contributed by atoms with E-state index in [9.17, 15) is 9.59 Å². The molecule has 8 heteroatoms. The van der Waals surface area contributed by atoms with Gasteiger partial charge in [0, 0.05) is 30.1 Å². The SMILES string of the molecule is CCNC(=S)NNC(=O)CCC(=O)Nc1cccc(Cl)c1C. The Morgan fingerprint density at radius 1 is 1.18 bits per heavy atom. The van der Waals surface area contributed by atoms with E-state index in [1.807, 2.05) is 13.8 Å². The van der Waals surface area contributed by atoms with Crippen molar-refractivity contribution < 1.29 is 9.59 Å². The van der Waals surface area contributed by atoms with E-state index in [1.165, 1.54) is 0 Å². The van der Waals surface area contributed by atoms with Gasteiger partial charge in [0.25, 0.3) is 0 Å². The van der Waals surface area contributed by atoms with Gasteiger partial charge in [0.05, 0.1) is 0 Å². The fourth-order valence-electron chi connectivity index (χ4n) is 1.58. The van der Waals surface area contributed by atoms with Gasteiger partial charge in [-0.3, -0.25) is 20.4 Å². The van der Waals surface area contributed by atoms with Crippen LogP contribution in [0.1, 0.15) is 25.3 Å². The Bertz CT molecular complexity index is 566. The van der Waals surface area contributed by atoms with E-state index in [-0.39, 0.29) is 24.7 Å². The zero-order valence-corrected chi connectivity index (χ0v) is 14.0. The summed E-state index contributed by atoms with van der Waals surface area (Å²) in [6, 6.07) is 5.26. The fraction of sp³-hybridized carbons (Fsp3) is 0.357. The number of nitrogens with one attached hydrogen (secondary N) is 4. The van der Waals surface area contributed by atoms with Gasteiger partial charge >= 0.3 is 0 Å². The summed E-state index contributed by atoms with van der Waals surface area (Å²) in [4.78, 5) is 23.4. The molecule has 0 aromatic heterocycles. The maximum atomic E-state index is 11.8. The number of thiocarbonyl (C=S) groups is 1. The molecular formula is C14H19ClN4O2S. The summed E-state index contributed by atoms with van der Waals surface area (Å²) in [5.41, 5.74) is 6.39. The lowest BCUT2D eigenvalue weighted by Gasteiger charge is -2.11. The van der Waals surface area contributed by atoms with Crippen LogP contribution in [0.5, 0.6) is 0 Å². The van der Waals surface area contributed by atoms with Crippen molar-refractivity contribution in [2.45, 2.75) is 26.7 Å². The Hall–Kier alpha value is -1.86. The standard InChI is InChI=1S/C14H19ClN4O2S/c1-3-16-14(22)19-18-13(21)8-7-12(20)17-11-6-4-5-10(15)9(11)2/h4-6H,3,7-8H2,1-2H3,(H,17,20)(H,18,21)(H2,16,19,22). The number of carbonyl (C=O) groups excluding carboxylic acids is 2. The predicted octanol–water partition coefficient (Wildman–Crippen LogP) is 1.88. The van der Waals surface area contributed by atoms with Crippen LogP contribution in [-0.4, -0.2) is 23.5 Å². The predicted molar refractivity (Wildman–Crippen MR) is 91.6 cm³/mol. The highest BCUT2D eigenvalue weighted by Gasteiger charge is 2.09. The minimum Gasteiger partial charge on any atom is -0.362 e. The first-order valence-corrected chi connectivity index (χ1v) is 7.60. The van der Waals surface area contributed by atoms with E-state index in [0.29, 0.717) is 22.4 Å². The maximum absolute atomic E-state index is 11.8. The number of hydrogen-bond acceptors (Lipinski definition) is 3. The molecule has 0 atom stereocenters. The van der Waals surface area contributed by atoms with Crippen LogP contribution in [0.3, 0.4) is 0 Å². The smallest absolute Gasteiger partial charge is 0.238 e. The topological polar surface area (TPSA) is 82.3 Å². The van der Waals surface area contributed by atoms with Crippen molar-refractivity contribution in [2.75, 3.05) is 11.9 Å². The van der Waals surface area contributed by atoms with Crippen molar-refractivity contribution in [3.05, 3.63) is 28.8 Å². The quantitative estimate of drug-likeness (QED) is 0.485. The first-order chi connectivity index (χ1) is 10.4. The molecule has 1 aromatic rings. The number of carbonyl (C=O) groups is 2. The van der Waals surface area contributed by atoms with Crippen molar-refractivity contribution in [3.63, 3.8) is 0 Å². The molecule has 6 nitrogen and oxygen atoms in total. The molecule has 1 aromatic carbocycles. The number of hydrogen-bond donors (Lipinski definition) is 4. The fourth-order valence-corrected chi connectivity index (χ4v) is 1.95. The second-order valence-corrected chi connectivity index (χ2v) is 5.31. The third kappa shape index (κ3) is 6.28. The zero-order chi connectivity index (χ0) is 16.5. The van der Waals surface area contributed by atoms with Crippen molar-refractivity contribution in [1.29, 1.82) is 0 Å². The Kier molecular flexibility index (Phi) is 7.62. The van der Waals surface area contributed by atoms with Crippen molar-refractivity contribution >= 4 is 46.4 Å². The van der Waals surface area contributed by atoms with E-state index in [4.69, 9.17) is 23.8 Å². The Labute approximate surface area is 140 Å². The average molecular weight is 343 g/mol. The molecular weight excluding hydrogens is 324 g/mol. The van der Waals surface area contributed by atoms with E-state index in [0.717, 1.165) is 5.56 Å². The molecule has 1 rings (SSSR count). The molecule has 120 valence electrons. The molecule has 0 aliphatic rings. The Morgan fingerprint density at radius 2 is 1.86 bits per heavy atom. The molecule has 0 fully saturated rings. The summed E-state index contributed by atoms with van der Waals surface area (Å²) in [6.07, 6.45) is 0.112. The third-order valence-electron chi connectivity index (χ3n) is 2.77. The van der Waals surface area contributed by atoms with Crippen LogP contribution in [-0.2, 0) is 9.59 Å². The Morgan fingerprint density at radius 3 is 2.55 bits per heavy atom. The largest absolute Gasteiger partial charge is 0.362 e. The zero-order valence-electron chi connectivity index (χ0n) is 12.5. The molecule has 0 heterocycles. The van der Waals surface area contributed by atoms with Crippen molar-refractivity contribution in [2.24, 2.45) is 0 Å². The molecule has 2 amide bonds. The van der Waals surface area contributed by atoms with Crippen LogP contribution in [0.15, 0.2) is 18.2 Å². The van der Waals surface area contributed by atoms with Gasteiger partial charge in [-0.05, 0) is 43.8 Å². The molecule has 4 N–H and O–H groups in total. The van der Waals surface area contributed by atoms with Crippen molar-refractivity contribution in [3.8, 4) is 0 Å².